The van der Waals surface area contributed by atoms with Crippen LogP contribution in [0.25, 0.3) is 10.8 Å². The van der Waals surface area contributed by atoms with Gasteiger partial charge >= 0.3 is 0 Å². The third kappa shape index (κ3) is 4.06. The first-order valence-corrected chi connectivity index (χ1v) is 11.6. The number of hydrogen-bond acceptors (Lipinski definition) is 7. The maximum absolute atomic E-state index is 12.4. The Hall–Kier alpha value is -1.97. The van der Waals surface area contributed by atoms with E-state index in [1.807, 2.05) is 12.1 Å². The maximum atomic E-state index is 12.4. The van der Waals surface area contributed by atoms with Gasteiger partial charge in [-0.15, -0.1) is 0 Å². The highest BCUT2D eigenvalue weighted by Crippen LogP contribution is 2.34. The minimum absolute atomic E-state index is 0.147. The monoisotopic (exact) mass is 460 g/mol. The zero-order valence-electron chi connectivity index (χ0n) is 18.2. The van der Waals surface area contributed by atoms with E-state index >= 15 is 0 Å². The number of anilines is 2. The Morgan fingerprint density at radius 3 is 2.75 bits per heavy atom. The van der Waals surface area contributed by atoms with E-state index in [4.69, 9.17) is 21.1 Å². The average Bonchev–Trinajstić information content (AvgIpc) is 3.45. The van der Waals surface area contributed by atoms with Gasteiger partial charge in [0.05, 0.1) is 35.6 Å². The molecule has 0 aliphatic carbocycles. The molecule has 1 aromatic heterocycles. The molecule has 0 saturated carbocycles. The molecule has 3 aliphatic rings. The summed E-state index contributed by atoms with van der Waals surface area (Å²) in [7, 11) is 0. The Kier molecular flexibility index (Phi) is 5.98. The number of carbonyl (C=O) groups is 1. The van der Waals surface area contributed by atoms with Gasteiger partial charge in [-0.1, -0.05) is 11.6 Å². The standard InChI is InChI=1S/C23H29ClN4O4/c1-23(14-31-13-20(23)29)28-6-4-27(5-7-28)18-10-15-11-21(25-12-16(15)9-17(18)24)26-22(30)19-3-2-8-32-19/h9-12,19-20,29H,2-8,13-14H2,1H3,(H,25,26,30)/t19-,20-,23+/m0/s1. The molecule has 8 nitrogen and oxygen atoms in total. The van der Waals surface area contributed by atoms with Crippen molar-refractivity contribution in [2.24, 2.45) is 0 Å². The van der Waals surface area contributed by atoms with Gasteiger partial charge in [0.25, 0.3) is 5.91 Å². The van der Waals surface area contributed by atoms with Crippen LogP contribution in [0.2, 0.25) is 5.02 Å². The van der Waals surface area contributed by atoms with Crippen molar-refractivity contribution in [3.63, 3.8) is 0 Å². The Bertz CT molecular complexity index is 1010. The van der Waals surface area contributed by atoms with Crippen LogP contribution >= 0.6 is 11.6 Å². The Morgan fingerprint density at radius 2 is 2.06 bits per heavy atom. The highest BCUT2D eigenvalue weighted by Gasteiger charge is 2.44. The van der Waals surface area contributed by atoms with E-state index in [-0.39, 0.29) is 11.4 Å². The molecule has 1 aromatic carbocycles. The lowest BCUT2D eigenvalue weighted by Gasteiger charge is -2.45. The van der Waals surface area contributed by atoms with E-state index in [0.717, 1.165) is 55.5 Å². The second-order valence-corrected chi connectivity index (χ2v) is 9.48. The summed E-state index contributed by atoms with van der Waals surface area (Å²) in [4.78, 5) is 21.3. The summed E-state index contributed by atoms with van der Waals surface area (Å²) >= 11 is 6.63. The summed E-state index contributed by atoms with van der Waals surface area (Å²) < 4.78 is 11.0. The molecule has 2 aromatic rings. The van der Waals surface area contributed by atoms with Gasteiger partial charge in [0, 0.05) is 44.4 Å². The molecule has 4 heterocycles. The van der Waals surface area contributed by atoms with Crippen LogP contribution in [0.1, 0.15) is 19.8 Å². The SMILES string of the molecule is C[C@@]1(N2CCN(c3cc4cc(NC(=O)[C@@H]5CCCO5)ncc4cc3Cl)CC2)COC[C@@H]1O. The van der Waals surface area contributed by atoms with E-state index in [2.05, 4.69) is 33.1 Å². The molecular formula is C23H29ClN4O4. The number of rotatable bonds is 4. The zero-order valence-corrected chi connectivity index (χ0v) is 19.0. The third-order valence-corrected chi connectivity index (χ3v) is 7.29. The van der Waals surface area contributed by atoms with Crippen molar-refractivity contribution < 1.29 is 19.4 Å². The molecule has 3 atom stereocenters. The second-order valence-electron chi connectivity index (χ2n) is 9.07. The molecule has 2 N–H and O–H groups in total. The minimum Gasteiger partial charge on any atom is -0.389 e. The summed E-state index contributed by atoms with van der Waals surface area (Å²) in [6.45, 7) is 6.91. The number of aromatic nitrogens is 1. The third-order valence-electron chi connectivity index (χ3n) is 6.99. The first-order chi connectivity index (χ1) is 15.4. The van der Waals surface area contributed by atoms with Crippen LogP contribution in [0.3, 0.4) is 0 Å². The van der Waals surface area contributed by atoms with E-state index in [9.17, 15) is 9.90 Å². The number of fused-ring (bicyclic) bond motifs is 1. The maximum Gasteiger partial charge on any atom is 0.254 e. The number of hydrogen-bond donors (Lipinski definition) is 2. The van der Waals surface area contributed by atoms with Gasteiger partial charge in [-0.05, 0) is 43.4 Å². The summed E-state index contributed by atoms with van der Waals surface area (Å²) in [5.41, 5.74) is 0.635. The van der Waals surface area contributed by atoms with Crippen LogP contribution in [0.5, 0.6) is 0 Å². The molecule has 0 radical (unpaired) electrons. The van der Waals surface area contributed by atoms with E-state index in [1.54, 1.807) is 6.20 Å². The Balaban J connectivity index is 1.31. The second kappa shape index (κ2) is 8.76. The summed E-state index contributed by atoms with van der Waals surface area (Å²) in [6.07, 6.45) is 2.53. The van der Waals surface area contributed by atoms with Crippen molar-refractivity contribution in [2.75, 3.05) is 56.2 Å². The number of benzene rings is 1. The number of ether oxygens (including phenoxy) is 2. The minimum atomic E-state index is -0.464. The van der Waals surface area contributed by atoms with E-state index < -0.39 is 12.2 Å². The molecule has 0 spiro atoms. The largest absolute Gasteiger partial charge is 0.389 e. The smallest absolute Gasteiger partial charge is 0.254 e. The lowest BCUT2D eigenvalue weighted by Crippen LogP contribution is -2.60. The van der Waals surface area contributed by atoms with Gasteiger partial charge in [0.1, 0.15) is 11.9 Å². The topological polar surface area (TPSA) is 87.2 Å². The van der Waals surface area contributed by atoms with E-state index in [1.165, 1.54) is 0 Å². The van der Waals surface area contributed by atoms with Crippen LogP contribution in [0.15, 0.2) is 24.4 Å². The lowest BCUT2D eigenvalue weighted by molar-refractivity contribution is -0.124. The predicted octanol–water partition coefficient (Wildman–Crippen LogP) is 2.28. The van der Waals surface area contributed by atoms with E-state index in [0.29, 0.717) is 30.7 Å². The normalized spacial score (nSPS) is 29.0. The van der Waals surface area contributed by atoms with Crippen LogP contribution in [-0.4, -0.2) is 84.6 Å². The molecule has 1 amide bonds. The number of nitrogens with one attached hydrogen (secondary N) is 1. The van der Waals surface area contributed by atoms with Crippen LogP contribution < -0.4 is 10.2 Å². The summed E-state index contributed by atoms with van der Waals surface area (Å²) in [5, 5.41) is 15.8. The molecule has 0 bridgehead atoms. The van der Waals surface area contributed by atoms with Gasteiger partial charge in [0.2, 0.25) is 0 Å². The Labute approximate surface area is 192 Å². The fourth-order valence-corrected chi connectivity index (χ4v) is 5.16. The zero-order chi connectivity index (χ0) is 22.3. The van der Waals surface area contributed by atoms with Crippen molar-refractivity contribution in [3.8, 4) is 0 Å². The van der Waals surface area contributed by atoms with Gasteiger partial charge in [-0.25, -0.2) is 4.98 Å². The lowest BCUT2D eigenvalue weighted by atomic mass is 9.95. The fourth-order valence-electron chi connectivity index (χ4n) is 4.87. The quantitative estimate of drug-likeness (QED) is 0.723. The van der Waals surface area contributed by atoms with Gasteiger partial charge in [0.15, 0.2) is 0 Å². The summed E-state index contributed by atoms with van der Waals surface area (Å²) in [6, 6.07) is 5.87. The Morgan fingerprint density at radius 1 is 1.25 bits per heavy atom. The number of nitrogens with zero attached hydrogens (tertiary/aromatic N) is 3. The van der Waals surface area contributed by atoms with Crippen LogP contribution in [0.4, 0.5) is 11.5 Å². The molecule has 32 heavy (non-hydrogen) atoms. The van der Waals surface area contributed by atoms with Crippen molar-refractivity contribution in [2.45, 2.75) is 37.5 Å². The molecule has 9 heteroatoms. The number of aliphatic hydroxyl groups is 1. The number of halogens is 1. The predicted molar refractivity (Wildman–Crippen MR) is 123 cm³/mol. The number of carbonyl (C=O) groups excluding carboxylic acids is 1. The van der Waals surface area contributed by atoms with Crippen LogP contribution in [-0.2, 0) is 14.3 Å². The number of piperazine rings is 1. The van der Waals surface area contributed by atoms with Crippen molar-refractivity contribution in [3.05, 3.63) is 29.4 Å². The molecule has 3 saturated heterocycles. The van der Waals surface area contributed by atoms with Crippen molar-refractivity contribution in [1.29, 1.82) is 0 Å². The molecular weight excluding hydrogens is 432 g/mol. The molecule has 3 aliphatic heterocycles. The van der Waals surface area contributed by atoms with Crippen molar-refractivity contribution in [1.82, 2.24) is 9.88 Å². The number of pyridine rings is 1. The van der Waals surface area contributed by atoms with Crippen molar-refractivity contribution >= 4 is 39.8 Å². The highest BCUT2D eigenvalue weighted by molar-refractivity contribution is 6.34. The number of aliphatic hydroxyl groups excluding tert-OH is 1. The average molecular weight is 461 g/mol. The van der Waals surface area contributed by atoms with Gasteiger partial charge < -0.3 is 24.8 Å². The first kappa shape index (κ1) is 21.9. The number of amides is 1. The van der Waals surface area contributed by atoms with Gasteiger partial charge in [-0.3, -0.25) is 9.69 Å². The van der Waals surface area contributed by atoms with Gasteiger partial charge in [-0.2, -0.15) is 0 Å². The fraction of sp³-hybridized carbons (Fsp3) is 0.565. The molecule has 5 rings (SSSR count). The highest BCUT2D eigenvalue weighted by atomic mass is 35.5. The summed E-state index contributed by atoms with van der Waals surface area (Å²) in [5.74, 6) is 0.366. The molecule has 172 valence electrons. The molecule has 3 fully saturated rings. The molecule has 0 unspecified atom stereocenters. The first-order valence-electron chi connectivity index (χ1n) is 11.2. The van der Waals surface area contributed by atoms with Crippen LogP contribution in [0, 0.1) is 0 Å².